The van der Waals surface area contributed by atoms with Gasteiger partial charge in [-0.15, -0.1) is 0 Å². The van der Waals surface area contributed by atoms with E-state index in [1.807, 2.05) is 6.07 Å². The summed E-state index contributed by atoms with van der Waals surface area (Å²) in [7, 11) is 0. The van der Waals surface area contributed by atoms with Crippen molar-refractivity contribution in [1.29, 1.82) is 0 Å². The lowest BCUT2D eigenvalue weighted by Crippen LogP contribution is -1.99. The van der Waals surface area contributed by atoms with Crippen LogP contribution in [-0.4, -0.2) is 12.4 Å². The molecule has 0 radical (unpaired) electrons. The second kappa shape index (κ2) is 3.76. The summed E-state index contributed by atoms with van der Waals surface area (Å²) in [6.07, 6.45) is 0.743. The molecule has 2 N–H and O–H groups in total. The van der Waals surface area contributed by atoms with E-state index >= 15 is 0 Å². The number of aliphatic imine (C=N–C) groups is 1. The molecule has 0 fully saturated rings. The third kappa shape index (κ3) is 1.58. The predicted octanol–water partition coefficient (Wildman–Crippen LogP) is 3.04. The fourth-order valence-electron chi connectivity index (χ4n) is 1.43. The molecule has 2 nitrogen and oxygen atoms in total. The minimum absolute atomic E-state index is 0.562. The molecule has 0 saturated carbocycles. The lowest BCUT2D eigenvalue weighted by Gasteiger charge is -2.04. The smallest absolute Gasteiger partial charge is 0.0998 e. The maximum atomic E-state index is 5.98. The number of nitrogens with two attached hydrogens (primary N) is 1. The zero-order valence-corrected chi connectivity index (χ0v) is 8.86. The van der Waals surface area contributed by atoms with Crippen LogP contribution < -0.4 is 5.73 Å². The van der Waals surface area contributed by atoms with Gasteiger partial charge in [0, 0.05) is 16.2 Å². The van der Waals surface area contributed by atoms with Crippen molar-refractivity contribution in [3.05, 3.63) is 27.7 Å². The first-order valence-corrected chi connectivity index (χ1v) is 5.00. The highest BCUT2D eigenvalue weighted by Gasteiger charge is 2.15. The quantitative estimate of drug-likeness (QED) is 0.828. The molecule has 4 heteroatoms. The molecule has 0 unspecified atom stereocenters. The van der Waals surface area contributed by atoms with Crippen LogP contribution in [0.15, 0.2) is 17.1 Å². The van der Waals surface area contributed by atoms with Gasteiger partial charge < -0.3 is 5.73 Å². The van der Waals surface area contributed by atoms with Crippen LogP contribution >= 0.6 is 23.2 Å². The third-order valence-corrected chi connectivity index (χ3v) is 2.56. The van der Waals surface area contributed by atoms with Gasteiger partial charge in [-0.25, -0.2) is 4.99 Å². The van der Waals surface area contributed by atoms with Gasteiger partial charge in [0.05, 0.1) is 10.7 Å². The van der Waals surface area contributed by atoms with Crippen LogP contribution in [-0.2, 0) is 0 Å². The number of nitrogens with zero attached hydrogens (tertiary/aromatic N) is 1. The molecule has 1 heterocycles. The van der Waals surface area contributed by atoms with E-state index in [1.54, 1.807) is 6.07 Å². The first-order chi connectivity index (χ1) is 6.72. The zero-order valence-electron chi connectivity index (χ0n) is 7.35. The zero-order chi connectivity index (χ0) is 10.1. The van der Waals surface area contributed by atoms with Crippen molar-refractivity contribution in [2.24, 2.45) is 10.7 Å². The van der Waals surface area contributed by atoms with Crippen LogP contribution in [0.4, 0.5) is 5.69 Å². The van der Waals surface area contributed by atoms with Gasteiger partial charge in [0.15, 0.2) is 0 Å². The molecule has 1 aromatic rings. The Morgan fingerprint density at radius 2 is 2.14 bits per heavy atom. The molecule has 1 aromatic carbocycles. The standard InChI is InChI=1S/C10H8Cl2N2/c11-7-3-8-6(1-2-13)5-14-10(8)9(12)4-7/h3-4H,1-2,13H2. The summed E-state index contributed by atoms with van der Waals surface area (Å²) in [6, 6.07) is 3.52. The minimum atomic E-state index is 0.562. The van der Waals surface area contributed by atoms with Gasteiger partial charge in [-0.1, -0.05) is 23.2 Å². The summed E-state index contributed by atoms with van der Waals surface area (Å²) in [5.74, 6) is 2.91. The lowest BCUT2D eigenvalue weighted by atomic mass is 10.0. The van der Waals surface area contributed by atoms with Crippen molar-refractivity contribution in [3.63, 3.8) is 0 Å². The Morgan fingerprint density at radius 3 is 2.86 bits per heavy atom. The largest absolute Gasteiger partial charge is 0.330 e. The maximum Gasteiger partial charge on any atom is 0.0998 e. The lowest BCUT2D eigenvalue weighted by molar-refractivity contribution is 1.03. The van der Waals surface area contributed by atoms with Gasteiger partial charge in [-0.3, -0.25) is 0 Å². The topological polar surface area (TPSA) is 38.4 Å². The van der Waals surface area contributed by atoms with E-state index in [4.69, 9.17) is 28.9 Å². The van der Waals surface area contributed by atoms with Gasteiger partial charge in [-0.2, -0.15) is 0 Å². The maximum absolute atomic E-state index is 5.98. The molecule has 2 rings (SSSR count). The summed E-state index contributed by atoms with van der Waals surface area (Å²) < 4.78 is 0. The van der Waals surface area contributed by atoms with Crippen molar-refractivity contribution in [3.8, 4) is 0 Å². The first kappa shape index (κ1) is 9.75. The summed E-state index contributed by atoms with van der Waals surface area (Å²) in [5.41, 5.74) is 8.15. The molecule has 0 saturated heterocycles. The van der Waals surface area contributed by atoms with Gasteiger partial charge >= 0.3 is 0 Å². The fourth-order valence-corrected chi connectivity index (χ4v) is 1.96. The van der Waals surface area contributed by atoms with Crippen LogP contribution in [0.2, 0.25) is 10.0 Å². The van der Waals surface area contributed by atoms with E-state index in [0.29, 0.717) is 16.6 Å². The normalized spacial score (nSPS) is 12.9. The highest BCUT2D eigenvalue weighted by molar-refractivity contribution is 6.37. The number of fused-ring (bicyclic) bond motifs is 1. The van der Waals surface area contributed by atoms with Crippen LogP contribution in [0, 0.1) is 0 Å². The van der Waals surface area contributed by atoms with E-state index in [2.05, 4.69) is 10.9 Å². The number of hydrogen-bond donors (Lipinski definition) is 1. The number of rotatable bonds is 2. The van der Waals surface area contributed by atoms with Gasteiger partial charge in [0.1, 0.15) is 0 Å². The van der Waals surface area contributed by atoms with Gasteiger partial charge in [0.25, 0.3) is 0 Å². The number of hydrogen-bond acceptors (Lipinski definition) is 2. The molecule has 0 bridgehead atoms. The van der Waals surface area contributed by atoms with E-state index in [0.717, 1.165) is 23.2 Å². The van der Waals surface area contributed by atoms with Crippen LogP contribution in [0.1, 0.15) is 12.0 Å². The van der Waals surface area contributed by atoms with E-state index in [1.165, 1.54) is 0 Å². The molecule has 14 heavy (non-hydrogen) atoms. The fraction of sp³-hybridized carbons (Fsp3) is 0.200. The Hall–Kier alpha value is -0.790. The monoisotopic (exact) mass is 226 g/mol. The number of benzene rings is 1. The second-order valence-electron chi connectivity index (χ2n) is 3.02. The SMILES string of the molecule is NCCC1=C=Nc2c(Cl)cc(Cl)cc21. The summed E-state index contributed by atoms with van der Waals surface area (Å²) >= 11 is 11.9. The Morgan fingerprint density at radius 1 is 1.36 bits per heavy atom. The van der Waals surface area contributed by atoms with Crippen molar-refractivity contribution < 1.29 is 0 Å². The Bertz CT molecular complexity index is 446. The second-order valence-corrected chi connectivity index (χ2v) is 3.87. The van der Waals surface area contributed by atoms with Gasteiger partial charge in [0.2, 0.25) is 0 Å². The highest BCUT2D eigenvalue weighted by Crippen LogP contribution is 2.39. The van der Waals surface area contributed by atoms with Crippen LogP contribution in [0.5, 0.6) is 0 Å². The summed E-state index contributed by atoms with van der Waals surface area (Å²) in [5, 5.41) is 1.18. The molecule has 1 aliphatic heterocycles. The van der Waals surface area contributed by atoms with Crippen molar-refractivity contribution >= 4 is 40.3 Å². The van der Waals surface area contributed by atoms with E-state index in [9.17, 15) is 0 Å². The molecule has 1 aliphatic rings. The molecule has 0 aliphatic carbocycles. The summed E-state index contributed by atoms with van der Waals surface area (Å²) in [6.45, 7) is 0.571. The molecule has 0 spiro atoms. The van der Waals surface area contributed by atoms with E-state index < -0.39 is 0 Å². The highest BCUT2D eigenvalue weighted by atomic mass is 35.5. The molecular weight excluding hydrogens is 219 g/mol. The predicted molar refractivity (Wildman–Crippen MR) is 60.6 cm³/mol. The Labute approximate surface area is 92.0 Å². The van der Waals surface area contributed by atoms with Crippen molar-refractivity contribution in [2.75, 3.05) is 6.54 Å². The molecule has 0 aromatic heterocycles. The van der Waals surface area contributed by atoms with E-state index in [-0.39, 0.29) is 0 Å². The molecule has 72 valence electrons. The third-order valence-electron chi connectivity index (χ3n) is 2.05. The number of halogens is 2. The molecule has 0 amide bonds. The average Bonchev–Trinajstić information content (AvgIpc) is 2.49. The average molecular weight is 227 g/mol. The van der Waals surface area contributed by atoms with Crippen molar-refractivity contribution in [2.45, 2.75) is 6.42 Å². The van der Waals surface area contributed by atoms with Gasteiger partial charge in [-0.05, 0) is 31.0 Å². The minimum Gasteiger partial charge on any atom is -0.330 e. The molecular formula is C10H8Cl2N2. The van der Waals surface area contributed by atoms with Crippen LogP contribution in [0.25, 0.3) is 5.57 Å². The first-order valence-electron chi connectivity index (χ1n) is 4.24. The summed E-state index contributed by atoms with van der Waals surface area (Å²) in [4.78, 5) is 4.11. The van der Waals surface area contributed by atoms with Crippen molar-refractivity contribution in [1.82, 2.24) is 0 Å². The Kier molecular flexibility index (Phi) is 2.62. The Balaban J connectivity index is 2.50. The molecule has 0 atom stereocenters. The van der Waals surface area contributed by atoms with Crippen LogP contribution in [0.3, 0.4) is 0 Å².